The second kappa shape index (κ2) is 7.79. The fourth-order valence-electron chi connectivity index (χ4n) is 2.64. The standard InChI is InChI=1S/C19H11F2N5O3S/c20-11-3-5-12(6-4-11)25-18(16-2-1-9-30-16)23-17(24-25)19(27)22-15-10-13(26(28)29)7-8-14(15)21/h1-10H,(H,22,27). The van der Waals surface area contributed by atoms with Crippen molar-refractivity contribution in [2.24, 2.45) is 0 Å². The number of aromatic nitrogens is 3. The van der Waals surface area contributed by atoms with Crippen molar-refractivity contribution < 1.29 is 18.5 Å². The number of non-ortho nitro benzene ring substituents is 1. The molecule has 2 aromatic carbocycles. The van der Waals surface area contributed by atoms with E-state index in [9.17, 15) is 23.7 Å². The van der Waals surface area contributed by atoms with Crippen LogP contribution in [0.3, 0.4) is 0 Å². The molecule has 150 valence electrons. The molecule has 30 heavy (non-hydrogen) atoms. The summed E-state index contributed by atoms with van der Waals surface area (Å²) >= 11 is 1.36. The first-order chi connectivity index (χ1) is 14.4. The van der Waals surface area contributed by atoms with Gasteiger partial charge >= 0.3 is 0 Å². The number of nitro groups is 1. The molecule has 0 aliphatic carbocycles. The van der Waals surface area contributed by atoms with E-state index in [1.54, 1.807) is 12.1 Å². The molecule has 0 fully saturated rings. The van der Waals surface area contributed by atoms with E-state index in [2.05, 4.69) is 15.4 Å². The van der Waals surface area contributed by atoms with Gasteiger partial charge in [-0.1, -0.05) is 6.07 Å². The van der Waals surface area contributed by atoms with E-state index >= 15 is 0 Å². The SMILES string of the molecule is O=C(Nc1cc([N+](=O)[O-])ccc1F)c1nc(-c2cccs2)n(-c2ccc(F)cc2)n1. The lowest BCUT2D eigenvalue weighted by Crippen LogP contribution is -2.15. The molecule has 2 heterocycles. The fraction of sp³-hybridized carbons (Fsp3) is 0. The Morgan fingerprint density at radius 3 is 2.57 bits per heavy atom. The van der Waals surface area contributed by atoms with Crippen LogP contribution in [0.2, 0.25) is 0 Å². The molecule has 2 aromatic heterocycles. The second-order valence-electron chi connectivity index (χ2n) is 6.00. The van der Waals surface area contributed by atoms with E-state index in [4.69, 9.17) is 0 Å². The number of anilines is 1. The van der Waals surface area contributed by atoms with Gasteiger partial charge in [0.1, 0.15) is 11.6 Å². The Hall–Kier alpha value is -3.99. The molecule has 4 rings (SSSR count). The van der Waals surface area contributed by atoms with Crippen molar-refractivity contribution in [1.82, 2.24) is 14.8 Å². The number of carbonyl (C=O) groups excluding carboxylic acids is 1. The number of carbonyl (C=O) groups is 1. The number of hydrogen-bond donors (Lipinski definition) is 1. The van der Waals surface area contributed by atoms with Gasteiger partial charge in [0.25, 0.3) is 11.6 Å². The second-order valence-corrected chi connectivity index (χ2v) is 6.95. The molecule has 4 aromatic rings. The van der Waals surface area contributed by atoms with Crippen molar-refractivity contribution in [3.8, 4) is 16.4 Å². The zero-order valence-electron chi connectivity index (χ0n) is 15.0. The monoisotopic (exact) mass is 427 g/mol. The minimum atomic E-state index is -0.854. The molecule has 0 atom stereocenters. The lowest BCUT2D eigenvalue weighted by molar-refractivity contribution is -0.384. The van der Waals surface area contributed by atoms with Gasteiger partial charge in [-0.2, -0.15) is 0 Å². The Balaban J connectivity index is 1.72. The van der Waals surface area contributed by atoms with E-state index in [-0.39, 0.29) is 17.2 Å². The summed E-state index contributed by atoms with van der Waals surface area (Å²) < 4.78 is 28.7. The summed E-state index contributed by atoms with van der Waals surface area (Å²) in [7, 11) is 0. The van der Waals surface area contributed by atoms with Crippen LogP contribution in [0.1, 0.15) is 10.6 Å². The molecule has 0 bridgehead atoms. The third-order valence-electron chi connectivity index (χ3n) is 4.03. The summed E-state index contributed by atoms with van der Waals surface area (Å²) in [6, 6.07) is 11.8. The van der Waals surface area contributed by atoms with Gasteiger partial charge in [-0.05, 0) is 41.8 Å². The first-order valence-corrected chi connectivity index (χ1v) is 9.32. The fourth-order valence-corrected chi connectivity index (χ4v) is 3.34. The average Bonchev–Trinajstić information content (AvgIpc) is 3.39. The number of amides is 1. The Labute approximate surface area is 171 Å². The lowest BCUT2D eigenvalue weighted by atomic mass is 10.2. The Morgan fingerprint density at radius 1 is 1.13 bits per heavy atom. The summed E-state index contributed by atoms with van der Waals surface area (Å²) in [6.45, 7) is 0. The molecule has 8 nitrogen and oxygen atoms in total. The molecule has 11 heteroatoms. The van der Waals surface area contributed by atoms with Crippen LogP contribution in [0.4, 0.5) is 20.2 Å². The summed E-state index contributed by atoms with van der Waals surface area (Å²) in [5.74, 6) is -2.08. The van der Waals surface area contributed by atoms with Crippen LogP contribution in [-0.2, 0) is 0 Å². The number of nitro benzene ring substituents is 1. The van der Waals surface area contributed by atoms with E-state index in [0.717, 1.165) is 18.2 Å². The molecule has 1 amide bonds. The van der Waals surface area contributed by atoms with E-state index in [1.807, 2.05) is 5.38 Å². The zero-order chi connectivity index (χ0) is 21.3. The highest BCUT2D eigenvalue weighted by Gasteiger charge is 2.21. The Kier molecular flexibility index (Phi) is 5.02. The van der Waals surface area contributed by atoms with Crippen molar-refractivity contribution in [1.29, 1.82) is 0 Å². The van der Waals surface area contributed by atoms with Crippen LogP contribution >= 0.6 is 11.3 Å². The van der Waals surface area contributed by atoms with Gasteiger partial charge in [-0.25, -0.2) is 18.4 Å². The topological polar surface area (TPSA) is 103 Å². The summed E-state index contributed by atoms with van der Waals surface area (Å²) in [6.07, 6.45) is 0. The minimum Gasteiger partial charge on any atom is -0.316 e. The van der Waals surface area contributed by atoms with E-state index in [0.29, 0.717) is 16.4 Å². The maximum Gasteiger partial charge on any atom is 0.295 e. The summed E-state index contributed by atoms with van der Waals surface area (Å²) in [5.41, 5.74) is -0.284. The Bertz CT molecular complexity index is 1240. The molecule has 1 N–H and O–H groups in total. The lowest BCUT2D eigenvalue weighted by Gasteiger charge is -2.04. The third-order valence-corrected chi connectivity index (χ3v) is 4.90. The zero-order valence-corrected chi connectivity index (χ0v) is 15.8. The van der Waals surface area contributed by atoms with E-state index in [1.165, 1.54) is 40.3 Å². The molecule has 0 aliphatic rings. The van der Waals surface area contributed by atoms with Gasteiger partial charge in [0.2, 0.25) is 5.82 Å². The largest absolute Gasteiger partial charge is 0.316 e. The maximum atomic E-state index is 14.0. The first-order valence-electron chi connectivity index (χ1n) is 8.44. The van der Waals surface area contributed by atoms with Crippen molar-refractivity contribution in [2.75, 3.05) is 5.32 Å². The summed E-state index contributed by atoms with van der Waals surface area (Å²) in [4.78, 5) is 27.8. The van der Waals surface area contributed by atoms with Crippen molar-refractivity contribution in [3.05, 3.63) is 87.6 Å². The van der Waals surface area contributed by atoms with Gasteiger partial charge in [0.05, 0.1) is 21.2 Å². The number of benzene rings is 2. The predicted molar refractivity (Wildman–Crippen MR) is 106 cm³/mol. The average molecular weight is 427 g/mol. The molecular weight excluding hydrogens is 416 g/mol. The van der Waals surface area contributed by atoms with Crippen LogP contribution < -0.4 is 5.32 Å². The van der Waals surface area contributed by atoms with Crippen molar-refractivity contribution in [3.63, 3.8) is 0 Å². The van der Waals surface area contributed by atoms with Crippen molar-refractivity contribution >= 4 is 28.6 Å². The summed E-state index contributed by atoms with van der Waals surface area (Å²) in [5, 5.41) is 19.1. The molecule has 0 saturated carbocycles. The van der Waals surface area contributed by atoms with Crippen LogP contribution in [0, 0.1) is 21.7 Å². The van der Waals surface area contributed by atoms with Crippen LogP contribution in [0.15, 0.2) is 60.0 Å². The maximum absolute atomic E-state index is 14.0. The van der Waals surface area contributed by atoms with Gasteiger partial charge in [-0.15, -0.1) is 16.4 Å². The van der Waals surface area contributed by atoms with Gasteiger partial charge in [-0.3, -0.25) is 14.9 Å². The van der Waals surface area contributed by atoms with Crippen LogP contribution in [-0.4, -0.2) is 25.6 Å². The highest BCUT2D eigenvalue weighted by Crippen LogP contribution is 2.26. The number of thiophene rings is 1. The van der Waals surface area contributed by atoms with Crippen LogP contribution in [0.25, 0.3) is 16.4 Å². The molecular formula is C19H11F2N5O3S. The molecule has 0 unspecified atom stereocenters. The highest BCUT2D eigenvalue weighted by atomic mass is 32.1. The smallest absolute Gasteiger partial charge is 0.295 e. The van der Waals surface area contributed by atoms with Crippen molar-refractivity contribution in [2.45, 2.75) is 0 Å². The van der Waals surface area contributed by atoms with Gasteiger partial charge < -0.3 is 5.32 Å². The number of hydrogen-bond acceptors (Lipinski definition) is 6. The number of rotatable bonds is 5. The van der Waals surface area contributed by atoms with Gasteiger partial charge in [0, 0.05) is 12.1 Å². The molecule has 0 saturated heterocycles. The number of nitrogens with zero attached hydrogens (tertiary/aromatic N) is 4. The van der Waals surface area contributed by atoms with Crippen LogP contribution in [0.5, 0.6) is 0 Å². The first kappa shape index (κ1) is 19.3. The van der Waals surface area contributed by atoms with Gasteiger partial charge in [0.15, 0.2) is 5.82 Å². The third kappa shape index (κ3) is 3.78. The highest BCUT2D eigenvalue weighted by molar-refractivity contribution is 7.13. The molecule has 0 radical (unpaired) electrons. The minimum absolute atomic E-state index is 0.284. The number of halogens is 2. The normalized spacial score (nSPS) is 10.7. The number of nitrogens with one attached hydrogen (secondary N) is 1. The quantitative estimate of drug-likeness (QED) is 0.375. The predicted octanol–water partition coefficient (Wildman–Crippen LogP) is 4.43. The Morgan fingerprint density at radius 2 is 1.90 bits per heavy atom. The van der Waals surface area contributed by atoms with E-state index < -0.39 is 22.5 Å². The molecule has 0 spiro atoms. The molecule has 0 aliphatic heterocycles.